The summed E-state index contributed by atoms with van der Waals surface area (Å²) in [7, 11) is 3.87. The molecule has 0 bridgehead atoms. The first kappa shape index (κ1) is 16.5. The topological polar surface area (TPSA) is 53.8 Å². The van der Waals surface area contributed by atoms with Crippen LogP contribution >= 0.6 is 11.6 Å². The second-order valence-electron chi connectivity index (χ2n) is 5.32. The van der Waals surface area contributed by atoms with E-state index in [0.29, 0.717) is 29.1 Å². The van der Waals surface area contributed by atoms with Crippen molar-refractivity contribution in [3.8, 4) is 0 Å². The van der Waals surface area contributed by atoms with Crippen molar-refractivity contribution in [1.29, 1.82) is 0 Å². The third kappa shape index (κ3) is 3.67. The lowest BCUT2D eigenvalue weighted by Gasteiger charge is -2.22. The maximum absolute atomic E-state index is 12.6. The molecule has 0 saturated heterocycles. The molecule has 0 radical (unpaired) electrons. The molecule has 1 amide bonds. The van der Waals surface area contributed by atoms with Gasteiger partial charge in [-0.2, -0.15) is 0 Å². The predicted molar refractivity (Wildman–Crippen MR) is 87.6 cm³/mol. The van der Waals surface area contributed by atoms with Gasteiger partial charge in [0.15, 0.2) is 0 Å². The van der Waals surface area contributed by atoms with E-state index < -0.39 is 5.63 Å². The number of hydrogen-bond acceptors (Lipinski definition) is 4. The summed E-state index contributed by atoms with van der Waals surface area (Å²) in [5, 5.41) is 1.17. The summed E-state index contributed by atoms with van der Waals surface area (Å²) in [6, 6.07) is 6.49. The third-order valence-corrected chi connectivity index (χ3v) is 3.65. The maximum Gasteiger partial charge on any atom is 0.349 e. The molecule has 0 N–H and O–H groups in total. The fourth-order valence-corrected chi connectivity index (χ4v) is 2.32. The molecule has 6 heteroatoms. The van der Waals surface area contributed by atoms with Crippen LogP contribution in [0.2, 0.25) is 5.02 Å². The summed E-state index contributed by atoms with van der Waals surface area (Å²) in [5.41, 5.74) is -0.166. The molecule has 0 aliphatic heterocycles. The summed E-state index contributed by atoms with van der Waals surface area (Å²) in [5.74, 6) is -0.319. The zero-order valence-electron chi connectivity index (χ0n) is 12.9. The molecule has 0 aliphatic rings. The molecule has 0 unspecified atom stereocenters. The minimum Gasteiger partial charge on any atom is -0.422 e. The molecule has 1 heterocycles. The van der Waals surface area contributed by atoms with E-state index in [4.69, 9.17) is 16.0 Å². The monoisotopic (exact) mass is 322 g/mol. The van der Waals surface area contributed by atoms with Crippen molar-refractivity contribution in [3.05, 3.63) is 45.3 Å². The lowest BCUT2D eigenvalue weighted by molar-refractivity contribution is 0.0750. The number of fused-ring (bicyclic) bond motifs is 1. The van der Waals surface area contributed by atoms with Crippen LogP contribution in [0.4, 0.5) is 0 Å². The first-order valence-electron chi connectivity index (χ1n) is 7.09. The van der Waals surface area contributed by atoms with Crippen LogP contribution in [0, 0.1) is 0 Å². The normalized spacial score (nSPS) is 11.1. The van der Waals surface area contributed by atoms with Crippen molar-refractivity contribution in [3.63, 3.8) is 0 Å². The van der Waals surface area contributed by atoms with Crippen molar-refractivity contribution in [1.82, 2.24) is 9.80 Å². The molecule has 0 fully saturated rings. The molecule has 0 spiro atoms. The van der Waals surface area contributed by atoms with Crippen molar-refractivity contribution in [2.75, 3.05) is 33.7 Å². The van der Waals surface area contributed by atoms with Gasteiger partial charge < -0.3 is 14.2 Å². The number of rotatable bonds is 5. The van der Waals surface area contributed by atoms with Crippen LogP contribution in [0.25, 0.3) is 11.0 Å². The van der Waals surface area contributed by atoms with Gasteiger partial charge in [-0.25, -0.2) is 4.79 Å². The summed E-state index contributed by atoms with van der Waals surface area (Å²) in [4.78, 5) is 28.2. The van der Waals surface area contributed by atoms with E-state index in [0.717, 1.165) is 6.54 Å². The first-order valence-corrected chi connectivity index (χ1v) is 7.47. The standard InChI is InChI=1S/C16H19ClN2O3/c1-4-19(8-7-18(2)3)15(20)13-10-11-9-12(17)5-6-14(11)22-16(13)21/h5-6,9-10H,4,7-8H2,1-3H3. The minimum absolute atomic E-state index is 0.0374. The van der Waals surface area contributed by atoms with Gasteiger partial charge in [0, 0.05) is 30.0 Å². The van der Waals surface area contributed by atoms with Crippen LogP contribution in [0.15, 0.2) is 33.5 Å². The fraction of sp³-hybridized carbons (Fsp3) is 0.375. The highest BCUT2D eigenvalue weighted by Gasteiger charge is 2.19. The van der Waals surface area contributed by atoms with Gasteiger partial charge in [0.25, 0.3) is 5.91 Å². The average molecular weight is 323 g/mol. The summed E-state index contributed by atoms with van der Waals surface area (Å²) in [6.45, 7) is 3.69. The second-order valence-corrected chi connectivity index (χ2v) is 5.75. The number of benzene rings is 1. The fourth-order valence-electron chi connectivity index (χ4n) is 2.14. The van der Waals surface area contributed by atoms with Gasteiger partial charge in [0.2, 0.25) is 0 Å². The van der Waals surface area contributed by atoms with Gasteiger partial charge in [-0.05, 0) is 45.3 Å². The Hall–Kier alpha value is -1.85. The van der Waals surface area contributed by atoms with E-state index >= 15 is 0 Å². The molecule has 0 aliphatic carbocycles. The SMILES string of the molecule is CCN(CCN(C)C)C(=O)c1cc2cc(Cl)ccc2oc1=O. The molecule has 0 saturated carbocycles. The van der Waals surface area contributed by atoms with E-state index in [1.807, 2.05) is 25.9 Å². The Balaban J connectivity index is 2.37. The lowest BCUT2D eigenvalue weighted by Crippen LogP contribution is -2.38. The number of likely N-dealkylation sites (N-methyl/N-ethyl adjacent to an activating group) is 2. The number of amides is 1. The van der Waals surface area contributed by atoms with Gasteiger partial charge >= 0.3 is 5.63 Å². The molecule has 1 aromatic heterocycles. The summed E-state index contributed by atoms with van der Waals surface area (Å²) < 4.78 is 5.22. The van der Waals surface area contributed by atoms with Crippen LogP contribution in [0.1, 0.15) is 17.3 Å². The number of nitrogens with zero attached hydrogens (tertiary/aromatic N) is 2. The van der Waals surface area contributed by atoms with Crippen LogP contribution in [0.5, 0.6) is 0 Å². The quantitative estimate of drug-likeness (QED) is 0.794. The van der Waals surface area contributed by atoms with Crippen molar-refractivity contribution < 1.29 is 9.21 Å². The maximum atomic E-state index is 12.6. The van der Waals surface area contributed by atoms with Crippen LogP contribution in [-0.4, -0.2) is 49.4 Å². The summed E-state index contributed by atoms with van der Waals surface area (Å²) >= 11 is 5.94. The van der Waals surface area contributed by atoms with Gasteiger partial charge in [-0.1, -0.05) is 11.6 Å². The summed E-state index contributed by atoms with van der Waals surface area (Å²) in [6.07, 6.45) is 0. The zero-order chi connectivity index (χ0) is 16.3. The van der Waals surface area contributed by atoms with Gasteiger partial charge in [0.05, 0.1) is 0 Å². The van der Waals surface area contributed by atoms with E-state index in [1.54, 1.807) is 29.2 Å². The van der Waals surface area contributed by atoms with E-state index in [1.165, 1.54) is 0 Å². The molecule has 22 heavy (non-hydrogen) atoms. The number of carbonyl (C=O) groups is 1. The number of carbonyl (C=O) groups excluding carboxylic acids is 1. The highest BCUT2D eigenvalue weighted by molar-refractivity contribution is 6.31. The molecule has 2 rings (SSSR count). The van der Waals surface area contributed by atoms with Crippen LogP contribution < -0.4 is 5.63 Å². The van der Waals surface area contributed by atoms with Crippen molar-refractivity contribution >= 4 is 28.5 Å². The lowest BCUT2D eigenvalue weighted by atomic mass is 10.1. The molecular formula is C16H19ClN2O3. The first-order chi connectivity index (χ1) is 10.4. The van der Waals surface area contributed by atoms with Crippen LogP contribution in [-0.2, 0) is 0 Å². The number of hydrogen-bond donors (Lipinski definition) is 0. The van der Waals surface area contributed by atoms with Crippen molar-refractivity contribution in [2.24, 2.45) is 0 Å². The van der Waals surface area contributed by atoms with E-state index in [-0.39, 0.29) is 11.5 Å². The Morgan fingerprint density at radius 3 is 2.59 bits per heavy atom. The Kier molecular flexibility index (Phi) is 5.21. The van der Waals surface area contributed by atoms with Crippen LogP contribution in [0.3, 0.4) is 0 Å². The Morgan fingerprint density at radius 2 is 1.95 bits per heavy atom. The predicted octanol–water partition coefficient (Wildman–Crippen LogP) is 2.47. The van der Waals surface area contributed by atoms with Gasteiger partial charge in [-0.3, -0.25) is 4.79 Å². The highest BCUT2D eigenvalue weighted by atomic mass is 35.5. The van der Waals surface area contributed by atoms with E-state index in [9.17, 15) is 9.59 Å². The Morgan fingerprint density at radius 1 is 1.23 bits per heavy atom. The Labute approximate surface area is 134 Å². The second kappa shape index (κ2) is 6.94. The van der Waals surface area contributed by atoms with Gasteiger partial charge in [-0.15, -0.1) is 0 Å². The molecular weight excluding hydrogens is 304 g/mol. The van der Waals surface area contributed by atoms with Gasteiger partial charge in [0.1, 0.15) is 11.1 Å². The molecule has 118 valence electrons. The average Bonchev–Trinajstić information content (AvgIpc) is 2.47. The highest BCUT2D eigenvalue weighted by Crippen LogP contribution is 2.19. The largest absolute Gasteiger partial charge is 0.422 e. The molecule has 5 nitrogen and oxygen atoms in total. The van der Waals surface area contributed by atoms with E-state index in [2.05, 4.69) is 0 Å². The smallest absolute Gasteiger partial charge is 0.349 e. The number of halogens is 1. The third-order valence-electron chi connectivity index (χ3n) is 3.41. The molecule has 0 atom stereocenters. The molecule has 2 aromatic rings. The molecule has 1 aromatic carbocycles. The zero-order valence-corrected chi connectivity index (χ0v) is 13.7. The van der Waals surface area contributed by atoms with Crippen molar-refractivity contribution in [2.45, 2.75) is 6.92 Å². The Bertz CT molecular complexity index is 740. The minimum atomic E-state index is -0.622.